The van der Waals surface area contributed by atoms with Crippen LogP contribution in [-0.4, -0.2) is 83.6 Å². The van der Waals surface area contributed by atoms with Gasteiger partial charge in [-0.05, 0) is 13.8 Å². The van der Waals surface area contributed by atoms with Crippen molar-refractivity contribution in [3.8, 4) is 0 Å². The first-order chi connectivity index (χ1) is 8.70. The van der Waals surface area contributed by atoms with Crippen LogP contribution in [0.15, 0.2) is 0 Å². The van der Waals surface area contributed by atoms with E-state index in [1.165, 1.54) is 0 Å². The van der Waals surface area contributed by atoms with Crippen molar-refractivity contribution in [2.24, 2.45) is 0 Å². The first-order valence-corrected chi connectivity index (χ1v) is 6.32. The molecule has 0 saturated carbocycles. The summed E-state index contributed by atoms with van der Waals surface area (Å²) in [6, 6.07) is 0. The molecule has 0 aliphatic carbocycles. The molecular formula is C9H23NaO9S. The van der Waals surface area contributed by atoms with Crippen LogP contribution in [0, 0.1) is 0 Å². The van der Waals surface area contributed by atoms with Crippen LogP contribution >= 0.6 is 0 Å². The molecule has 0 saturated heterocycles. The van der Waals surface area contributed by atoms with Gasteiger partial charge in [0.25, 0.3) is 0 Å². The summed E-state index contributed by atoms with van der Waals surface area (Å²) >= 11 is -2.86. The van der Waals surface area contributed by atoms with Crippen molar-refractivity contribution in [3.05, 3.63) is 0 Å². The van der Waals surface area contributed by atoms with Crippen LogP contribution in [0.25, 0.3) is 0 Å². The zero-order valence-electron chi connectivity index (χ0n) is 11.9. The number of ether oxygens (including phenoxy) is 1. The van der Waals surface area contributed by atoms with E-state index in [4.69, 9.17) is 43.6 Å². The molecular weight excluding hydrogens is 307 g/mol. The Bertz CT molecular complexity index is 188. The minimum Gasteiger partial charge on any atom is -0.750 e. The van der Waals surface area contributed by atoms with Gasteiger partial charge in [-0.3, -0.25) is 0 Å². The van der Waals surface area contributed by atoms with Gasteiger partial charge in [0.15, 0.2) is 0 Å². The number of aliphatic hydroxyl groups is 5. The van der Waals surface area contributed by atoms with Crippen LogP contribution in [0.2, 0.25) is 0 Å². The molecule has 0 aromatic carbocycles. The van der Waals surface area contributed by atoms with Crippen molar-refractivity contribution in [1.82, 2.24) is 0 Å². The largest absolute Gasteiger partial charge is 1.00 e. The first-order valence-electron chi connectivity index (χ1n) is 5.29. The normalized spacial score (nSPS) is 13.9. The number of hydrogen-bond donors (Lipinski definition) is 6. The number of rotatable bonds is 6. The quantitative estimate of drug-likeness (QED) is 0.205. The fraction of sp³-hybridized carbons (Fsp3) is 1.00. The molecule has 120 valence electrons. The number of hydrogen-bond acceptors (Lipinski definition) is 8. The Hall–Kier alpha value is 0.830. The van der Waals surface area contributed by atoms with Crippen molar-refractivity contribution in [2.45, 2.75) is 32.2 Å². The van der Waals surface area contributed by atoms with E-state index >= 15 is 0 Å². The molecule has 3 unspecified atom stereocenters. The maximum atomic E-state index is 8.69. The van der Waals surface area contributed by atoms with E-state index in [1.54, 1.807) is 13.8 Å². The molecule has 0 bridgehead atoms. The molecule has 9 nitrogen and oxygen atoms in total. The smallest absolute Gasteiger partial charge is 0.750 e. The van der Waals surface area contributed by atoms with Gasteiger partial charge in [-0.2, -0.15) is 0 Å². The van der Waals surface area contributed by atoms with E-state index < -0.39 is 23.6 Å². The second-order valence-corrected chi connectivity index (χ2v) is 3.85. The standard InChI is InChI=1S/C6H14O3.C3H8O3.Na.H2O3S/c1-5(8)4-9-6(2)3-7;4-1-3(6)2-5;;1-4(2)3/h5-8H,3-4H2,1-2H3;3-6H,1-2H2;;(H2,1,2,3)/q;;+1;/p-1. The summed E-state index contributed by atoms with van der Waals surface area (Å²) in [5, 5.41) is 41.1. The molecule has 0 amide bonds. The van der Waals surface area contributed by atoms with Crippen LogP contribution in [0.5, 0.6) is 0 Å². The molecule has 0 aromatic heterocycles. The second kappa shape index (κ2) is 22.1. The van der Waals surface area contributed by atoms with Crippen molar-refractivity contribution in [1.29, 1.82) is 0 Å². The van der Waals surface area contributed by atoms with Crippen molar-refractivity contribution in [2.75, 3.05) is 26.4 Å². The monoisotopic (exact) mass is 330 g/mol. The summed E-state index contributed by atoms with van der Waals surface area (Å²) in [5.41, 5.74) is 0. The van der Waals surface area contributed by atoms with Crippen LogP contribution in [-0.2, 0) is 16.1 Å². The predicted octanol–water partition coefficient (Wildman–Crippen LogP) is -5.56. The minimum atomic E-state index is -2.86. The Morgan fingerprint density at radius 1 is 1.10 bits per heavy atom. The maximum absolute atomic E-state index is 8.69. The van der Waals surface area contributed by atoms with Gasteiger partial charge in [0, 0.05) is 0 Å². The first kappa shape index (κ1) is 28.9. The van der Waals surface area contributed by atoms with Gasteiger partial charge >= 0.3 is 29.6 Å². The SMILES string of the molecule is CC(O)COC(C)CO.O=S([O-])O.OCC(O)CO.[Na+]. The Balaban J connectivity index is -0.000000102. The number of aliphatic hydroxyl groups excluding tert-OH is 5. The molecule has 0 rings (SSSR count). The average Bonchev–Trinajstić information content (AvgIpc) is 2.34. The Morgan fingerprint density at radius 2 is 1.45 bits per heavy atom. The third kappa shape index (κ3) is 42.8. The molecule has 0 aliphatic heterocycles. The summed E-state index contributed by atoms with van der Waals surface area (Å²) in [6.07, 6.45) is -1.57. The Morgan fingerprint density at radius 3 is 1.60 bits per heavy atom. The summed E-state index contributed by atoms with van der Waals surface area (Å²) in [4.78, 5) is 0. The van der Waals surface area contributed by atoms with Gasteiger partial charge in [-0.15, -0.1) is 0 Å². The predicted molar refractivity (Wildman–Crippen MR) is 65.9 cm³/mol. The van der Waals surface area contributed by atoms with Crippen molar-refractivity contribution < 1.29 is 73.1 Å². The van der Waals surface area contributed by atoms with E-state index in [9.17, 15) is 0 Å². The summed E-state index contributed by atoms with van der Waals surface area (Å²) in [5.74, 6) is 0. The molecule has 6 N–H and O–H groups in total. The van der Waals surface area contributed by atoms with Gasteiger partial charge < -0.3 is 39.4 Å². The van der Waals surface area contributed by atoms with Gasteiger partial charge in [0.05, 0.1) is 50.0 Å². The molecule has 0 aromatic rings. The fourth-order valence-electron chi connectivity index (χ4n) is 0.414. The molecule has 3 atom stereocenters. The van der Waals surface area contributed by atoms with Gasteiger partial charge in [-0.1, -0.05) is 0 Å². The fourth-order valence-corrected chi connectivity index (χ4v) is 0.414. The molecule has 0 heterocycles. The van der Waals surface area contributed by atoms with Gasteiger partial charge in [0.2, 0.25) is 0 Å². The summed E-state index contributed by atoms with van der Waals surface area (Å²) in [7, 11) is 0. The maximum Gasteiger partial charge on any atom is 1.00 e. The van der Waals surface area contributed by atoms with Crippen molar-refractivity contribution in [3.63, 3.8) is 0 Å². The molecule has 20 heavy (non-hydrogen) atoms. The molecule has 0 aliphatic rings. The van der Waals surface area contributed by atoms with E-state index in [0.717, 1.165) is 0 Å². The third-order valence-corrected chi connectivity index (χ3v) is 1.30. The minimum absolute atomic E-state index is 0. The Kier molecular flexibility index (Phi) is 32.0. The summed E-state index contributed by atoms with van der Waals surface area (Å²) < 4.78 is 29.0. The zero-order valence-corrected chi connectivity index (χ0v) is 14.7. The van der Waals surface area contributed by atoms with E-state index in [0.29, 0.717) is 6.61 Å². The zero-order chi connectivity index (χ0) is 15.8. The van der Waals surface area contributed by atoms with Crippen LogP contribution < -0.4 is 29.6 Å². The molecule has 0 radical (unpaired) electrons. The molecule has 0 fully saturated rings. The van der Waals surface area contributed by atoms with E-state index in [1.807, 2.05) is 0 Å². The third-order valence-electron chi connectivity index (χ3n) is 1.30. The molecule has 11 heteroatoms. The Labute approximate surface area is 143 Å². The van der Waals surface area contributed by atoms with Crippen molar-refractivity contribution >= 4 is 11.4 Å². The van der Waals surface area contributed by atoms with Crippen LogP contribution in [0.3, 0.4) is 0 Å². The van der Waals surface area contributed by atoms with E-state index in [2.05, 4.69) is 0 Å². The average molecular weight is 330 g/mol. The van der Waals surface area contributed by atoms with Gasteiger partial charge in [-0.25, -0.2) is 4.21 Å². The van der Waals surface area contributed by atoms with Crippen LogP contribution in [0.4, 0.5) is 0 Å². The van der Waals surface area contributed by atoms with E-state index in [-0.39, 0.29) is 55.5 Å². The van der Waals surface area contributed by atoms with Crippen LogP contribution in [0.1, 0.15) is 13.8 Å². The molecule has 0 spiro atoms. The van der Waals surface area contributed by atoms with Gasteiger partial charge in [0.1, 0.15) is 6.10 Å². The topological polar surface area (TPSA) is 171 Å². The summed E-state index contributed by atoms with van der Waals surface area (Å²) in [6.45, 7) is 2.97. The second-order valence-electron chi connectivity index (χ2n) is 3.41.